The second kappa shape index (κ2) is 6.57. The van der Waals surface area contributed by atoms with Gasteiger partial charge in [0.2, 0.25) is 0 Å². The first-order chi connectivity index (χ1) is 6.83. The third kappa shape index (κ3) is 4.40. The van der Waals surface area contributed by atoms with E-state index in [-0.39, 0.29) is 0 Å². The van der Waals surface area contributed by atoms with E-state index in [0.29, 0.717) is 0 Å². The van der Waals surface area contributed by atoms with Crippen LogP contribution < -0.4 is 0 Å². The number of hydrogen-bond donors (Lipinski definition) is 1. The molecule has 0 atom stereocenters. The molecule has 0 amide bonds. The van der Waals surface area contributed by atoms with Crippen LogP contribution in [0, 0.1) is 6.92 Å². The average Bonchev–Trinajstić information content (AvgIpc) is 2.58. The van der Waals surface area contributed by atoms with Crippen molar-refractivity contribution >= 4 is 0 Å². The van der Waals surface area contributed by atoms with Crippen LogP contribution in [0.4, 0.5) is 0 Å². The molecule has 0 fully saturated rings. The van der Waals surface area contributed by atoms with Crippen molar-refractivity contribution in [1.29, 1.82) is 0 Å². The number of aromatic amines is 1. The molecule has 1 heterocycles. The van der Waals surface area contributed by atoms with E-state index in [4.69, 9.17) is 0 Å². The van der Waals surface area contributed by atoms with E-state index >= 15 is 0 Å². The first kappa shape index (κ1) is 11.2. The lowest BCUT2D eigenvalue weighted by Crippen LogP contribution is -1.89. The summed E-state index contributed by atoms with van der Waals surface area (Å²) in [6, 6.07) is 0. The molecule has 1 aromatic heterocycles. The second-order valence-corrected chi connectivity index (χ2v) is 3.85. The monoisotopic (exact) mass is 195 g/mol. The minimum Gasteiger partial charge on any atom is -0.263 e. The summed E-state index contributed by atoms with van der Waals surface area (Å²) in [5.74, 6) is 1.89. The van der Waals surface area contributed by atoms with Crippen molar-refractivity contribution in [1.82, 2.24) is 15.2 Å². The van der Waals surface area contributed by atoms with Crippen molar-refractivity contribution in [2.75, 3.05) is 0 Å². The molecule has 80 valence electrons. The van der Waals surface area contributed by atoms with Gasteiger partial charge in [0.25, 0.3) is 0 Å². The van der Waals surface area contributed by atoms with E-state index in [2.05, 4.69) is 22.1 Å². The highest BCUT2D eigenvalue weighted by Crippen LogP contribution is 2.07. The molecular weight excluding hydrogens is 174 g/mol. The van der Waals surface area contributed by atoms with Crippen molar-refractivity contribution in [3.63, 3.8) is 0 Å². The standard InChI is InChI=1S/C11H21N3/c1-3-4-5-6-7-8-9-11-12-10(2)13-14-11/h3-9H2,1-2H3,(H,12,13,14). The predicted molar refractivity (Wildman–Crippen MR) is 58.2 cm³/mol. The molecular formula is C11H21N3. The maximum atomic E-state index is 4.28. The lowest BCUT2D eigenvalue weighted by Gasteiger charge is -1.97. The maximum absolute atomic E-state index is 4.28. The Hall–Kier alpha value is -0.860. The summed E-state index contributed by atoms with van der Waals surface area (Å²) in [7, 11) is 0. The Morgan fingerprint density at radius 3 is 2.43 bits per heavy atom. The van der Waals surface area contributed by atoms with Crippen LogP contribution in [-0.4, -0.2) is 15.2 Å². The van der Waals surface area contributed by atoms with Crippen LogP contribution in [0.5, 0.6) is 0 Å². The Morgan fingerprint density at radius 1 is 1.07 bits per heavy atom. The minimum absolute atomic E-state index is 0.922. The molecule has 0 radical (unpaired) electrons. The number of hydrogen-bond acceptors (Lipinski definition) is 2. The Balaban J connectivity index is 1.99. The number of nitrogens with zero attached hydrogens (tertiary/aromatic N) is 2. The normalized spacial score (nSPS) is 10.7. The van der Waals surface area contributed by atoms with Crippen molar-refractivity contribution < 1.29 is 0 Å². The van der Waals surface area contributed by atoms with Gasteiger partial charge in [0.15, 0.2) is 5.82 Å². The Bertz CT molecular complexity index is 242. The summed E-state index contributed by atoms with van der Waals surface area (Å²) >= 11 is 0. The number of rotatable bonds is 7. The van der Waals surface area contributed by atoms with Gasteiger partial charge < -0.3 is 0 Å². The summed E-state index contributed by atoms with van der Waals surface area (Å²) in [6.45, 7) is 4.19. The molecule has 0 unspecified atom stereocenters. The molecule has 0 aliphatic rings. The highest BCUT2D eigenvalue weighted by Gasteiger charge is 1.98. The number of aromatic nitrogens is 3. The zero-order valence-electron chi connectivity index (χ0n) is 9.34. The Morgan fingerprint density at radius 2 is 1.79 bits per heavy atom. The lowest BCUT2D eigenvalue weighted by molar-refractivity contribution is 0.601. The lowest BCUT2D eigenvalue weighted by atomic mass is 10.1. The molecule has 0 aromatic carbocycles. The molecule has 3 nitrogen and oxygen atoms in total. The SMILES string of the molecule is CCCCCCCCc1n[nH]c(C)n1. The molecule has 3 heteroatoms. The minimum atomic E-state index is 0.922. The van der Waals surface area contributed by atoms with Gasteiger partial charge in [0, 0.05) is 6.42 Å². The molecule has 0 saturated heterocycles. The third-order valence-corrected chi connectivity index (χ3v) is 2.40. The van der Waals surface area contributed by atoms with Gasteiger partial charge in [-0.25, -0.2) is 4.98 Å². The third-order valence-electron chi connectivity index (χ3n) is 2.40. The van der Waals surface area contributed by atoms with Gasteiger partial charge in [-0.1, -0.05) is 39.0 Å². The zero-order valence-corrected chi connectivity index (χ0v) is 9.34. The van der Waals surface area contributed by atoms with Crippen LogP contribution in [0.15, 0.2) is 0 Å². The van der Waals surface area contributed by atoms with E-state index in [1.165, 1.54) is 38.5 Å². The van der Waals surface area contributed by atoms with Gasteiger partial charge in [0.1, 0.15) is 5.82 Å². The summed E-state index contributed by atoms with van der Waals surface area (Å²) in [5.41, 5.74) is 0. The van der Waals surface area contributed by atoms with E-state index < -0.39 is 0 Å². The summed E-state index contributed by atoms with van der Waals surface area (Å²) < 4.78 is 0. The molecule has 0 saturated carbocycles. The molecule has 0 spiro atoms. The van der Waals surface area contributed by atoms with E-state index in [1.54, 1.807) is 0 Å². The second-order valence-electron chi connectivity index (χ2n) is 3.85. The molecule has 1 rings (SSSR count). The van der Waals surface area contributed by atoms with Crippen LogP contribution in [0.2, 0.25) is 0 Å². The van der Waals surface area contributed by atoms with Crippen molar-refractivity contribution in [3.05, 3.63) is 11.6 Å². The fourth-order valence-corrected chi connectivity index (χ4v) is 1.56. The highest BCUT2D eigenvalue weighted by atomic mass is 15.2. The first-order valence-electron chi connectivity index (χ1n) is 5.71. The van der Waals surface area contributed by atoms with Crippen LogP contribution in [0.25, 0.3) is 0 Å². The van der Waals surface area contributed by atoms with Gasteiger partial charge in [-0.2, -0.15) is 5.10 Å². The molecule has 14 heavy (non-hydrogen) atoms. The largest absolute Gasteiger partial charge is 0.263 e. The summed E-state index contributed by atoms with van der Waals surface area (Å²) in [5, 5.41) is 6.98. The van der Waals surface area contributed by atoms with Gasteiger partial charge in [-0.05, 0) is 13.3 Å². The fourth-order valence-electron chi connectivity index (χ4n) is 1.56. The van der Waals surface area contributed by atoms with Crippen molar-refractivity contribution in [3.8, 4) is 0 Å². The van der Waals surface area contributed by atoms with Crippen molar-refractivity contribution in [2.45, 2.75) is 58.8 Å². The van der Waals surface area contributed by atoms with Crippen LogP contribution in [0.3, 0.4) is 0 Å². The zero-order chi connectivity index (χ0) is 10.2. The fraction of sp³-hybridized carbons (Fsp3) is 0.818. The summed E-state index contributed by atoms with van der Waals surface area (Å²) in [6.07, 6.45) is 8.99. The summed E-state index contributed by atoms with van der Waals surface area (Å²) in [4.78, 5) is 4.28. The van der Waals surface area contributed by atoms with Gasteiger partial charge in [0.05, 0.1) is 0 Å². The predicted octanol–water partition coefficient (Wildman–Crippen LogP) is 3.02. The number of nitrogens with one attached hydrogen (secondary N) is 1. The molecule has 0 aliphatic carbocycles. The van der Waals surface area contributed by atoms with Crippen LogP contribution in [-0.2, 0) is 6.42 Å². The smallest absolute Gasteiger partial charge is 0.150 e. The first-order valence-corrected chi connectivity index (χ1v) is 5.71. The number of aryl methyl sites for hydroxylation is 2. The topological polar surface area (TPSA) is 41.6 Å². The van der Waals surface area contributed by atoms with E-state index in [1.807, 2.05) is 6.92 Å². The van der Waals surface area contributed by atoms with Crippen molar-refractivity contribution in [2.24, 2.45) is 0 Å². The van der Waals surface area contributed by atoms with E-state index in [0.717, 1.165) is 18.1 Å². The average molecular weight is 195 g/mol. The molecule has 0 aliphatic heterocycles. The molecule has 0 bridgehead atoms. The number of unbranched alkanes of at least 4 members (excludes halogenated alkanes) is 5. The quantitative estimate of drug-likeness (QED) is 0.679. The Labute approximate surface area is 86.3 Å². The van der Waals surface area contributed by atoms with Crippen LogP contribution >= 0.6 is 0 Å². The van der Waals surface area contributed by atoms with E-state index in [9.17, 15) is 0 Å². The Kier molecular flexibility index (Phi) is 5.27. The van der Waals surface area contributed by atoms with Gasteiger partial charge in [-0.15, -0.1) is 0 Å². The molecule has 1 N–H and O–H groups in total. The van der Waals surface area contributed by atoms with Crippen LogP contribution in [0.1, 0.15) is 57.1 Å². The molecule has 1 aromatic rings. The number of H-pyrrole nitrogens is 1. The van der Waals surface area contributed by atoms with Gasteiger partial charge >= 0.3 is 0 Å². The van der Waals surface area contributed by atoms with Gasteiger partial charge in [-0.3, -0.25) is 5.10 Å². The maximum Gasteiger partial charge on any atom is 0.150 e. The highest BCUT2D eigenvalue weighted by molar-refractivity contribution is 4.87.